The van der Waals surface area contributed by atoms with Crippen molar-refractivity contribution in [3.63, 3.8) is 0 Å². The Hall–Kier alpha value is -3.49. The Morgan fingerprint density at radius 1 is 0.848 bits per heavy atom. The number of hydrogen-bond donors (Lipinski definition) is 1. The lowest BCUT2D eigenvalue weighted by Gasteiger charge is -2.27. The van der Waals surface area contributed by atoms with Gasteiger partial charge in [-0.25, -0.2) is 18.4 Å². The molecule has 0 radical (unpaired) electrons. The molecule has 9 heteroatoms. The number of carbonyl (C=O) groups excluding carboxylic acids is 3. The van der Waals surface area contributed by atoms with E-state index in [0.717, 1.165) is 0 Å². The van der Waals surface area contributed by atoms with Crippen LogP contribution in [0.25, 0.3) is 0 Å². The highest BCUT2D eigenvalue weighted by molar-refractivity contribution is 5.84. The number of alkyl carbamates (subject to hydrolysis) is 1. The van der Waals surface area contributed by atoms with Crippen LogP contribution in [0.3, 0.4) is 0 Å². The van der Waals surface area contributed by atoms with Crippen LogP contribution >= 0.6 is 0 Å². The molecule has 0 saturated carbocycles. The average Bonchev–Trinajstić information content (AvgIpc) is 2.74. The van der Waals surface area contributed by atoms with Crippen molar-refractivity contribution in [2.24, 2.45) is 0 Å². The molecule has 1 amide bonds. The van der Waals surface area contributed by atoms with Crippen LogP contribution in [-0.4, -0.2) is 35.6 Å². The molecule has 7 nitrogen and oxygen atoms in total. The molecular weight excluding hydrogens is 436 g/mol. The van der Waals surface area contributed by atoms with Gasteiger partial charge in [-0.15, -0.1) is 0 Å². The van der Waals surface area contributed by atoms with Crippen molar-refractivity contribution in [3.8, 4) is 0 Å². The van der Waals surface area contributed by atoms with Crippen molar-refractivity contribution in [2.75, 3.05) is 0 Å². The summed E-state index contributed by atoms with van der Waals surface area (Å²) in [5, 5.41) is 1.84. The molecule has 33 heavy (non-hydrogen) atoms. The quantitative estimate of drug-likeness (QED) is 0.438. The van der Waals surface area contributed by atoms with E-state index in [9.17, 15) is 23.2 Å². The van der Waals surface area contributed by atoms with Crippen molar-refractivity contribution in [1.29, 1.82) is 0 Å². The zero-order valence-corrected chi connectivity index (χ0v) is 18.7. The molecule has 2 aromatic carbocycles. The summed E-state index contributed by atoms with van der Waals surface area (Å²) in [5.74, 6) is -6.65. The van der Waals surface area contributed by atoms with Crippen LogP contribution in [-0.2, 0) is 37.0 Å². The fourth-order valence-electron chi connectivity index (χ4n) is 2.66. The molecule has 2 aromatic rings. The Bertz CT molecular complexity index is 929. The standard InChI is InChI=1S/C24H27F2NO6/c1-23(2,3)33-22(30)27-20(21(29)32-16-18-12-8-5-9-13-18)24(25,26)14-19(28)31-15-17-10-6-4-7-11-17/h4-13,20H,14-16H2,1-3H3,(H,27,30)/t20-/m0/s1. The molecule has 0 aliphatic heterocycles. The summed E-state index contributed by atoms with van der Waals surface area (Å²) < 4.78 is 44.8. The Morgan fingerprint density at radius 2 is 1.33 bits per heavy atom. The van der Waals surface area contributed by atoms with Gasteiger partial charge in [0.2, 0.25) is 0 Å². The van der Waals surface area contributed by atoms with Crippen LogP contribution in [0.4, 0.5) is 13.6 Å². The van der Waals surface area contributed by atoms with Gasteiger partial charge in [0, 0.05) is 0 Å². The van der Waals surface area contributed by atoms with E-state index in [0.29, 0.717) is 11.1 Å². The van der Waals surface area contributed by atoms with Gasteiger partial charge in [-0.3, -0.25) is 4.79 Å². The Kier molecular flexibility index (Phi) is 8.90. The lowest BCUT2D eigenvalue weighted by molar-refractivity contribution is -0.166. The molecular formula is C24H27F2NO6. The van der Waals surface area contributed by atoms with Gasteiger partial charge in [0.05, 0.1) is 0 Å². The average molecular weight is 463 g/mol. The normalized spacial score (nSPS) is 12.4. The van der Waals surface area contributed by atoms with Crippen LogP contribution in [0.1, 0.15) is 38.3 Å². The van der Waals surface area contributed by atoms with E-state index in [4.69, 9.17) is 14.2 Å². The Balaban J connectivity index is 2.08. The maximum absolute atomic E-state index is 15.0. The predicted octanol–water partition coefficient (Wildman–Crippen LogP) is 4.39. The third-order valence-corrected chi connectivity index (χ3v) is 4.17. The van der Waals surface area contributed by atoms with E-state index in [2.05, 4.69) is 0 Å². The molecule has 0 aromatic heterocycles. The Labute approximate surface area is 191 Å². The van der Waals surface area contributed by atoms with Crippen LogP contribution in [0, 0.1) is 0 Å². The first kappa shape index (κ1) is 25.8. The molecule has 0 unspecified atom stereocenters. The second-order valence-corrected chi connectivity index (χ2v) is 8.26. The molecule has 1 N–H and O–H groups in total. The molecule has 0 saturated heterocycles. The van der Waals surface area contributed by atoms with Gasteiger partial charge >= 0.3 is 18.0 Å². The summed E-state index contributed by atoms with van der Waals surface area (Å²) in [6, 6.07) is 14.5. The topological polar surface area (TPSA) is 90.9 Å². The van der Waals surface area contributed by atoms with Crippen molar-refractivity contribution in [1.82, 2.24) is 5.32 Å². The molecule has 0 fully saturated rings. The molecule has 0 aliphatic carbocycles. The summed E-state index contributed by atoms with van der Waals surface area (Å²) in [5.41, 5.74) is 0.180. The van der Waals surface area contributed by atoms with Gasteiger partial charge < -0.3 is 19.5 Å². The highest BCUT2D eigenvalue weighted by Gasteiger charge is 2.49. The van der Waals surface area contributed by atoms with Crippen molar-refractivity contribution in [3.05, 3.63) is 71.8 Å². The number of esters is 2. The lowest BCUT2D eigenvalue weighted by atomic mass is 10.1. The number of hydrogen-bond acceptors (Lipinski definition) is 6. The fourth-order valence-corrected chi connectivity index (χ4v) is 2.66. The number of ether oxygens (including phenoxy) is 3. The fraction of sp³-hybridized carbons (Fsp3) is 0.375. The smallest absolute Gasteiger partial charge is 0.408 e. The van der Waals surface area contributed by atoms with Gasteiger partial charge in [-0.2, -0.15) is 0 Å². The highest BCUT2D eigenvalue weighted by atomic mass is 19.3. The van der Waals surface area contributed by atoms with Gasteiger partial charge in [-0.1, -0.05) is 60.7 Å². The molecule has 2 rings (SSSR count). The first-order valence-corrected chi connectivity index (χ1v) is 10.2. The summed E-state index contributed by atoms with van der Waals surface area (Å²) in [7, 11) is 0. The van der Waals surface area contributed by atoms with Crippen LogP contribution in [0.15, 0.2) is 60.7 Å². The van der Waals surface area contributed by atoms with Gasteiger partial charge in [0.25, 0.3) is 5.92 Å². The first-order valence-electron chi connectivity index (χ1n) is 10.2. The Morgan fingerprint density at radius 3 is 1.82 bits per heavy atom. The molecule has 178 valence electrons. The lowest BCUT2D eigenvalue weighted by Crippen LogP contribution is -2.55. The minimum atomic E-state index is -4.00. The van der Waals surface area contributed by atoms with Gasteiger partial charge in [-0.05, 0) is 31.9 Å². The van der Waals surface area contributed by atoms with E-state index in [1.807, 2.05) is 5.32 Å². The second kappa shape index (κ2) is 11.4. The minimum Gasteiger partial charge on any atom is -0.461 e. The van der Waals surface area contributed by atoms with E-state index in [-0.39, 0.29) is 13.2 Å². The number of alkyl halides is 2. The predicted molar refractivity (Wildman–Crippen MR) is 115 cm³/mol. The van der Waals surface area contributed by atoms with Crippen LogP contribution in [0.2, 0.25) is 0 Å². The van der Waals surface area contributed by atoms with Crippen molar-refractivity contribution in [2.45, 2.75) is 58.0 Å². The van der Waals surface area contributed by atoms with Crippen LogP contribution < -0.4 is 5.32 Å². The zero-order valence-electron chi connectivity index (χ0n) is 18.7. The summed E-state index contributed by atoms with van der Waals surface area (Å²) in [6.07, 6.45) is -2.69. The van der Waals surface area contributed by atoms with Gasteiger partial charge in [0.15, 0.2) is 6.04 Å². The first-order chi connectivity index (χ1) is 15.5. The number of halogens is 2. The molecule has 0 heterocycles. The third kappa shape index (κ3) is 9.26. The molecule has 1 atom stereocenters. The van der Waals surface area contributed by atoms with Crippen molar-refractivity contribution < 1.29 is 37.4 Å². The number of amides is 1. The zero-order chi connectivity index (χ0) is 24.5. The highest BCUT2D eigenvalue weighted by Crippen LogP contribution is 2.26. The number of nitrogens with one attached hydrogen (secondary N) is 1. The minimum absolute atomic E-state index is 0.210. The molecule has 0 aliphatic rings. The summed E-state index contributed by atoms with van der Waals surface area (Å²) >= 11 is 0. The van der Waals surface area contributed by atoms with E-state index in [1.165, 1.54) is 20.8 Å². The number of benzene rings is 2. The van der Waals surface area contributed by atoms with E-state index >= 15 is 0 Å². The maximum atomic E-state index is 15.0. The van der Waals surface area contributed by atoms with Crippen molar-refractivity contribution >= 4 is 18.0 Å². The van der Waals surface area contributed by atoms with E-state index < -0.39 is 42.0 Å². The number of carbonyl (C=O) groups is 3. The molecule has 0 bridgehead atoms. The summed E-state index contributed by atoms with van der Waals surface area (Å²) in [6.45, 7) is 4.11. The number of rotatable bonds is 9. The third-order valence-electron chi connectivity index (χ3n) is 4.17. The maximum Gasteiger partial charge on any atom is 0.408 e. The second-order valence-electron chi connectivity index (χ2n) is 8.26. The van der Waals surface area contributed by atoms with Crippen LogP contribution in [0.5, 0.6) is 0 Å². The largest absolute Gasteiger partial charge is 0.461 e. The SMILES string of the molecule is CC(C)(C)OC(=O)N[C@@H](C(=O)OCc1ccccc1)C(F)(F)CC(=O)OCc1ccccc1. The monoisotopic (exact) mass is 463 g/mol. The van der Waals surface area contributed by atoms with Gasteiger partial charge in [0.1, 0.15) is 25.2 Å². The molecule has 0 spiro atoms. The summed E-state index contributed by atoms with van der Waals surface area (Å²) in [4.78, 5) is 36.7. The van der Waals surface area contributed by atoms with E-state index in [1.54, 1.807) is 60.7 Å².